The first kappa shape index (κ1) is 12.3. The summed E-state index contributed by atoms with van der Waals surface area (Å²) in [7, 11) is 0. The van der Waals surface area contributed by atoms with Gasteiger partial charge in [0, 0.05) is 23.0 Å². The molecule has 0 aliphatic rings. The standard InChI is InChI=1S/C11H11BrClNO/c1-8(15)14-6-2-3-9-7-10(13)4-5-11(9)12/h2-5,7H,6H2,1H3,(H,14,15). The number of hydrogen-bond donors (Lipinski definition) is 1. The lowest BCUT2D eigenvalue weighted by molar-refractivity contribution is -0.118. The Hall–Kier alpha value is -0.800. The minimum atomic E-state index is -0.0372. The predicted molar refractivity (Wildman–Crippen MR) is 66.9 cm³/mol. The second-order valence-electron chi connectivity index (χ2n) is 3.01. The third-order valence-electron chi connectivity index (χ3n) is 1.72. The molecule has 1 N–H and O–H groups in total. The number of amides is 1. The molecule has 0 aromatic heterocycles. The number of rotatable bonds is 3. The van der Waals surface area contributed by atoms with Gasteiger partial charge in [-0.25, -0.2) is 0 Å². The van der Waals surface area contributed by atoms with Crippen molar-refractivity contribution in [2.24, 2.45) is 0 Å². The predicted octanol–water partition coefficient (Wildman–Crippen LogP) is 3.25. The Kier molecular flexibility index (Phi) is 4.85. The highest BCUT2D eigenvalue weighted by molar-refractivity contribution is 9.10. The smallest absolute Gasteiger partial charge is 0.217 e. The highest BCUT2D eigenvalue weighted by Gasteiger charge is 1.96. The van der Waals surface area contributed by atoms with Gasteiger partial charge >= 0.3 is 0 Å². The van der Waals surface area contributed by atoms with Crippen molar-refractivity contribution in [2.75, 3.05) is 6.54 Å². The van der Waals surface area contributed by atoms with Crippen LogP contribution < -0.4 is 5.32 Å². The van der Waals surface area contributed by atoms with E-state index in [0.717, 1.165) is 10.0 Å². The van der Waals surface area contributed by atoms with E-state index in [1.54, 1.807) is 0 Å². The van der Waals surface area contributed by atoms with Crippen LogP contribution >= 0.6 is 27.5 Å². The molecule has 0 unspecified atom stereocenters. The van der Waals surface area contributed by atoms with Crippen molar-refractivity contribution in [2.45, 2.75) is 6.92 Å². The van der Waals surface area contributed by atoms with Crippen LogP contribution in [0.2, 0.25) is 5.02 Å². The molecule has 0 atom stereocenters. The van der Waals surface area contributed by atoms with Gasteiger partial charge in [-0.2, -0.15) is 0 Å². The fourth-order valence-corrected chi connectivity index (χ4v) is 1.59. The fraction of sp³-hybridized carbons (Fsp3) is 0.182. The molecule has 80 valence electrons. The van der Waals surface area contributed by atoms with Crippen molar-refractivity contribution >= 4 is 39.5 Å². The van der Waals surface area contributed by atoms with Gasteiger partial charge in [-0.1, -0.05) is 39.7 Å². The van der Waals surface area contributed by atoms with Gasteiger partial charge in [0.1, 0.15) is 0 Å². The number of nitrogens with one attached hydrogen (secondary N) is 1. The Morgan fingerprint density at radius 2 is 2.33 bits per heavy atom. The summed E-state index contributed by atoms with van der Waals surface area (Å²) in [6.45, 7) is 2.01. The minimum absolute atomic E-state index is 0.0372. The Labute approximate surface area is 102 Å². The Balaban J connectivity index is 2.63. The van der Waals surface area contributed by atoms with Crippen molar-refractivity contribution < 1.29 is 4.79 Å². The first-order valence-electron chi connectivity index (χ1n) is 4.45. The van der Waals surface area contributed by atoms with E-state index in [0.29, 0.717) is 11.6 Å². The van der Waals surface area contributed by atoms with Crippen LogP contribution in [0.15, 0.2) is 28.7 Å². The molecule has 0 saturated carbocycles. The van der Waals surface area contributed by atoms with Crippen LogP contribution in [0.4, 0.5) is 0 Å². The summed E-state index contributed by atoms with van der Waals surface area (Å²) >= 11 is 9.27. The molecule has 2 nitrogen and oxygen atoms in total. The quantitative estimate of drug-likeness (QED) is 0.909. The number of carbonyl (C=O) groups is 1. The van der Waals surface area contributed by atoms with Gasteiger partial charge in [0.25, 0.3) is 0 Å². The number of carbonyl (C=O) groups excluding carboxylic acids is 1. The first-order chi connectivity index (χ1) is 7.09. The molecule has 0 spiro atoms. The van der Waals surface area contributed by atoms with E-state index in [-0.39, 0.29) is 5.91 Å². The maximum Gasteiger partial charge on any atom is 0.217 e. The monoisotopic (exact) mass is 287 g/mol. The Morgan fingerprint density at radius 3 is 3.00 bits per heavy atom. The first-order valence-corrected chi connectivity index (χ1v) is 5.62. The molecule has 1 rings (SSSR count). The van der Waals surface area contributed by atoms with E-state index in [2.05, 4.69) is 21.2 Å². The SMILES string of the molecule is CC(=O)NCC=Cc1cc(Cl)ccc1Br. The zero-order valence-corrected chi connectivity index (χ0v) is 10.6. The largest absolute Gasteiger partial charge is 0.353 e. The molecule has 0 aliphatic heterocycles. The van der Waals surface area contributed by atoms with Crippen molar-refractivity contribution in [3.63, 3.8) is 0 Å². The van der Waals surface area contributed by atoms with Crippen LogP contribution in [0.5, 0.6) is 0 Å². The number of hydrogen-bond acceptors (Lipinski definition) is 1. The molecule has 0 fully saturated rings. The molecule has 4 heteroatoms. The topological polar surface area (TPSA) is 29.1 Å². The highest BCUT2D eigenvalue weighted by Crippen LogP contribution is 2.22. The van der Waals surface area contributed by atoms with Crippen molar-refractivity contribution in [3.05, 3.63) is 39.3 Å². The summed E-state index contributed by atoms with van der Waals surface area (Å²) < 4.78 is 0.978. The molecule has 1 aromatic carbocycles. The maximum atomic E-state index is 10.6. The zero-order chi connectivity index (χ0) is 11.3. The van der Waals surface area contributed by atoms with Gasteiger partial charge in [-0.15, -0.1) is 0 Å². The van der Waals surface area contributed by atoms with Gasteiger partial charge in [0.2, 0.25) is 5.91 Å². The summed E-state index contributed by atoms with van der Waals surface area (Å²) in [4.78, 5) is 10.6. The molecular formula is C11H11BrClNO. The average molecular weight is 289 g/mol. The summed E-state index contributed by atoms with van der Waals surface area (Å²) in [5.41, 5.74) is 0.993. The number of benzene rings is 1. The molecule has 0 aliphatic carbocycles. The second kappa shape index (κ2) is 5.93. The Bertz CT molecular complexity index is 390. The molecular weight excluding hydrogens is 277 g/mol. The van der Waals surface area contributed by atoms with Gasteiger partial charge in [0.05, 0.1) is 0 Å². The highest BCUT2D eigenvalue weighted by atomic mass is 79.9. The normalized spacial score (nSPS) is 10.6. The number of halogens is 2. The van der Waals surface area contributed by atoms with Gasteiger partial charge in [0.15, 0.2) is 0 Å². The van der Waals surface area contributed by atoms with Crippen molar-refractivity contribution in [3.8, 4) is 0 Å². The molecule has 0 heterocycles. The molecule has 1 aromatic rings. The van der Waals surface area contributed by atoms with Gasteiger partial charge in [-0.05, 0) is 23.8 Å². The molecule has 0 saturated heterocycles. The van der Waals surface area contributed by atoms with Crippen molar-refractivity contribution in [1.29, 1.82) is 0 Å². The van der Waals surface area contributed by atoms with Crippen LogP contribution in [-0.4, -0.2) is 12.5 Å². The van der Waals surface area contributed by atoms with Crippen LogP contribution in [0.3, 0.4) is 0 Å². The van der Waals surface area contributed by atoms with Gasteiger partial charge in [-0.3, -0.25) is 4.79 Å². The third-order valence-corrected chi connectivity index (χ3v) is 2.68. The van der Waals surface area contributed by atoms with Crippen molar-refractivity contribution in [1.82, 2.24) is 5.32 Å². The van der Waals surface area contributed by atoms with E-state index < -0.39 is 0 Å². The van der Waals surface area contributed by atoms with Crippen LogP contribution in [-0.2, 0) is 4.79 Å². The van der Waals surface area contributed by atoms with E-state index in [9.17, 15) is 4.79 Å². The lowest BCUT2D eigenvalue weighted by Crippen LogP contribution is -2.19. The Morgan fingerprint density at radius 1 is 1.60 bits per heavy atom. The van der Waals surface area contributed by atoms with E-state index in [4.69, 9.17) is 11.6 Å². The van der Waals surface area contributed by atoms with E-state index in [1.807, 2.05) is 30.4 Å². The molecule has 15 heavy (non-hydrogen) atoms. The van der Waals surface area contributed by atoms with E-state index >= 15 is 0 Å². The molecule has 0 radical (unpaired) electrons. The lowest BCUT2D eigenvalue weighted by Gasteiger charge is -1.99. The van der Waals surface area contributed by atoms with Crippen LogP contribution in [0.1, 0.15) is 12.5 Å². The van der Waals surface area contributed by atoms with Crippen LogP contribution in [0.25, 0.3) is 6.08 Å². The van der Waals surface area contributed by atoms with Gasteiger partial charge < -0.3 is 5.32 Å². The third kappa shape index (κ3) is 4.49. The fourth-order valence-electron chi connectivity index (χ4n) is 1.03. The summed E-state index contributed by atoms with van der Waals surface area (Å²) in [5.74, 6) is -0.0372. The zero-order valence-electron chi connectivity index (χ0n) is 8.26. The summed E-state index contributed by atoms with van der Waals surface area (Å²) in [6, 6.07) is 5.56. The summed E-state index contributed by atoms with van der Waals surface area (Å²) in [6.07, 6.45) is 3.78. The molecule has 0 bridgehead atoms. The maximum absolute atomic E-state index is 10.6. The summed E-state index contributed by atoms with van der Waals surface area (Å²) in [5, 5.41) is 3.37. The van der Waals surface area contributed by atoms with Crippen LogP contribution in [0, 0.1) is 0 Å². The second-order valence-corrected chi connectivity index (χ2v) is 4.30. The molecule has 1 amide bonds. The average Bonchev–Trinajstić information content (AvgIpc) is 2.17. The van der Waals surface area contributed by atoms with E-state index in [1.165, 1.54) is 6.92 Å². The lowest BCUT2D eigenvalue weighted by atomic mass is 10.2. The minimum Gasteiger partial charge on any atom is -0.353 e.